The summed E-state index contributed by atoms with van der Waals surface area (Å²) in [6, 6.07) is 8.63. The number of nitrogens with two attached hydrogens (primary N) is 1. The molecule has 0 bridgehead atoms. The molecule has 3 rings (SSSR count). The molecule has 0 spiro atoms. The van der Waals surface area contributed by atoms with E-state index in [0.717, 1.165) is 16.7 Å². The minimum absolute atomic E-state index is 0.105. The molecule has 2 amide bonds. The summed E-state index contributed by atoms with van der Waals surface area (Å²) >= 11 is 0. The zero-order valence-corrected chi connectivity index (χ0v) is 20.8. The molecule has 2 aromatic carbocycles. The molecule has 1 aliphatic rings. The SMILES string of the molecule is Cc1cc(C)c(NS(N)(=O)=O)c(C)c1NC(=O)C1c2ccccc2CCN1C(=O)C(C)(C)C. The number of nitrogens with one attached hydrogen (secondary N) is 2. The van der Waals surface area contributed by atoms with Gasteiger partial charge in [0.15, 0.2) is 0 Å². The molecule has 0 saturated carbocycles. The third-order valence-electron chi connectivity index (χ3n) is 5.90. The average molecular weight is 473 g/mol. The largest absolute Gasteiger partial charge is 0.326 e. The molecule has 1 heterocycles. The summed E-state index contributed by atoms with van der Waals surface area (Å²) in [5, 5.41) is 8.16. The Kier molecular flexibility index (Phi) is 6.59. The summed E-state index contributed by atoms with van der Waals surface area (Å²) in [5.74, 6) is -0.456. The van der Waals surface area contributed by atoms with Crippen LogP contribution in [0.25, 0.3) is 0 Å². The molecule has 0 saturated heterocycles. The van der Waals surface area contributed by atoms with Gasteiger partial charge in [-0.2, -0.15) is 8.42 Å². The molecule has 9 heteroatoms. The Morgan fingerprint density at radius 3 is 2.27 bits per heavy atom. The topological polar surface area (TPSA) is 122 Å². The van der Waals surface area contributed by atoms with Gasteiger partial charge in [-0.05, 0) is 55.0 Å². The lowest BCUT2D eigenvalue weighted by Crippen LogP contribution is -2.49. The van der Waals surface area contributed by atoms with Crippen molar-refractivity contribution >= 4 is 33.4 Å². The molecule has 0 aliphatic carbocycles. The number of anilines is 2. The van der Waals surface area contributed by atoms with Crippen LogP contribution in [-0.2, 0) is 26.2 Å². The number of hydrogen-bond acceptors (Lipinski definition) is 4. The van der Waals surface area contributed by atoms with Crippen LogP contribution >= 0.6 is 0 Å². The van der Waals surface area contributed by atoms with E-state index in [1.165, 1.54) is 0 Å². The van der Waals surface area contributed by atoms with E-state index in [9.17, 15) is 18.0 Å². The highest BCUT2D eigenvalue weighted by molar-refractivity contribution is 7.90. The Morgan fingerprint density at radius 1 is 1.06 bits per heavy atom. The Morgan fingerprint density at radius 2 is 1.67 bits per heavy atom. The van der Waals surface area contributed by atoms with Crippen molar-refractivity contribution in [2.75, 3.05) is 16.6 Å². The van der Waals surface area contributed by atoms with Crippen LogP contribution in [0.5, 0.6) is 0 Å². The van der Waals surface area contributed by atoms with Crippen LogP contribution < -0.4 is 15.2 Å². The second-order valence-electron chi connectivity index (χ2n) is 9.62. The molecule has 33 heavy (non-hydrogen) atoms. The van der Waals surface area contributed by atoms with Crippen LogP contribution in [0.4, 0.5) is 11.4 Å². The summed E-state index contributed by atoms with van der Waals surface area (Å²) < 4.78 is 25.6. The van der Waals surface area contributed by atoms with Gasteiger partial charge in [0.25, 0.3) is 16.1 Å². The van der Waals surface area contributed by atoms with Gasteiger partial charge in [-0.3, -0.25) is 14.3 Å². The highest BCUT2D eigenvalue weighted by atomic mass is 32.2. The van der Waals surface area contributed by atoms with Gasteiger partial charge in [-0.25, -0.2) is 5.14 Å². The van der Waals surface area contributed by atoms with Crippen molar-refractivity contribution in [3.8, 4) is 0 Å². The van der Waals surface area contributed by atoms with Gasteiger partial charge in [-0.1, -0.05) is 51.1 Å². The van der Waals surface area contributed by atoms with E-state index in [0.29, 0.717) is 35.5 Å². The number of amides is 2. The molecule has 0 fully saturated rings. The van der Waals surface area contributed by atoms with E-state index in [1.54, 1.807) is 24.8 Å². The zero-order chi connectivity index (χ0) is 24.7. The van der Waals surface area contributed by atoms with Crippen LogP contribution in [0.3, 0.4) is 0 Å². The fourth-order valence-corrected chi connectivity index (χ4v) is 4.97. The van der Waals surface area contributed by atoms with Gasteiger partial charge in [0.2, 0.25) is 5.91 Å². The average Bonchev–Trinajstić information content (AvgIpc) is 2.71. The summed E-state index contributed by atoms with van der Waals surface area (Å²) in [6.07, 6.45) is 0.673. The predicted molar refractivity (Wildman–Crippen MR) is 130 cm³/mol. The van der Waals surface area contributed by atoms with Gasteiger partial charge in [0.1, 0.15) is 6.04 Å². The third kappa shape index (κ3) is 5.20. The molecule has 1 aliphatic heterocycles. The monoisotopic (exact) mass is 472 g/mol. The normalized spacial score (nSPS) is 16.2. The Bertz CT molecular complexity index is 1220. The molecule has 8 nitrogen and oxygen atoms in total. The lowest BCUT2D eigenvalue weighted by Gasteiger charge is -2.39. The van der Waals surface area contributed by atoms with E-state index in [1.807, 2.05) is 52.0 Å². The van der Waals surface area contributed by atoms with Crippen molar-refractivity contribution in [3.63, 3.8) is 0 Å². The molecular weight excluding hydrogens is 440 g/mol. The Hall–Kier alpha value is -2.91. The number of benzene rings is 2. The number of carbonyl (C=O) groups excluding carboxylic acids is 2. The number of fused-ring (bicyclic) bond motifs is 1. The van der Waals surface area contributed by atoms with E-state index >= 15 is 0 Å². The van der Waals surface area contributed by atoms with Crippen LogP contribution in [0.1, 0.15) is 54.6 Å². The van der Waals surface area contributed by atoms with Crippen molar-refractivity contribution in [1.29, 1.82) is 0 Å². The number of hydrogen-bond donors (Lipinski definition) is 3. The van der Waals surface area contributed by atoms with Crippen LogP contribution in [0, 0.1) is 26.2 Å². The van der Waals surface area contributed by atoms with Gasteiger partial charge in [0.05, 0.1) is 5.69 Å². The molecule has 1 unspecified atom stereocenters. The summed E-state index contributed by atoms with van der Waals surface area (Å²) in [7, 11) is -3.99. The van der Waals surface area contributed by atoms with Crippen molar-refractivity contribution in [2.24, 2.45) is 10.6 Å². The second-order valence-corrected chi connectivity index (χ2v) is 10.9. The quantitative estimate of drug-likeness (QED) is 0.632. The maximum atomic E-state index is 13.7. The molecule has 1 atom stereocenters. The van der Waals surface area contributed by atoms with E-state index in [-0.39, 0.29) is 11.8 Å². The first kappa shape index (κ1) is 24.7. The highest BCUT2D eigenvalue weighted by Crippen LogP contribution is 2.36. The number of nitrogens with zero attached hydrogens (tertiary/aromatic N) is 1. The van der Waals surface area contributed by atoms with Crippen molar-refractivity contribution in [3.05, 3.63) is 58.1 Å². The fraction of sp³-hybridized carbons (Fsp3) is 0.417. The zero-order valence-electron chi connectivity index (χ0n) is 19.9. The second kappa shape index (κ2) is 8.79. The van der Waals surface area contributed by atoms with Crippen LogP contribution in [0.2, 0.25) is 0 Å². The number of carbonyl (C=O) groups is 2. The van der Waals surface area contributed by atoms with Crippen LogP contribution in [-0.4, -0.2) is 31.7 Å². The summed E-state index contributed by atoms with van der Waals surface area (Å²) in [5.41, 5.74) is 4.00. The smallest absolute Gasteiger partial charge is 0.296 e. The molecule has 0 aromatic heterocycles. The predicted octanol–water partition coefficient (Wildman–Crippen LogP) is 3.34. The van der Waals surface area contributed by atoms with Crippen molar-refractivity contribution in [2.45, 2.75) is 54.0 Å². The van der Waals surface area contributed by atoms with Gasteiger partial charge in [0, 0.05) is 17.6 Å². The van der Waals surface area contributed by atoms with Crippen molar-refractivity contribution in [1.82, 2.24) is 4.90 Å². The third-order valence-corrected chi connectivity index (χ3v) is 6.39. The van der Waals surface area contributed by atoms with Crippen molar-refractivity contribution < 1.29 is 18.0 Å². The standard InChI is InChI=1S/C24H32N4O4S/c1-14-13-15(2)20(27-33(25,31)32)16(3)19(14)26-22(29)21-18-10-8-7-9-17(18)11-12-28(21)23(30)24(4,5)6/h7-10,13,21,27H,11-12H2,1-6H3,(H,26,29)(H2,25,31,32). The molecule has 2 aromatic rings. The van der Waals surface area contributed by atoms with E-state index in [2.05, 4.69) is 10.0 Å². The first-order valence-electron chi connectivity index (χ1n) is 10.8. The van der Waals surface area contributed by atoms with E-state index in [4.69, 9.17) is 5.14 Å². The van der Waals surface area contributed by atoms with E-state index < -0.39 is 21.7 Å². The number of aryl methyl sites for hydroxylation is 2. The first-order valence-corrected chi connectivity index (χ1v) is 12.4. The maximum Gasteiger partial charge on any atom is 0.296 e. The molecule has 178 valence electrons. The molecule has 4 N–H and O–H groups in total. The fourth-order valence-electron chi connectivity index (χ4n) is 4.37. The van der Waals surface area contributed by atoms with Gasteiger partial charge in [-0.15, -0.1) is 0 Å². The minimum Gasteiger partial charge on any atom is -0.326 e. The van der Waals surface area contributed by atoms with Crippen LogP contribution in [0.15, 0.2) is 30.3 Å². The minimum atomic E-state index is -3.99. The summed E-state index contributed by atoms with van der Waals surface area (Å²) in [6.45, 7) is 11.3. The number of rotatable bonds is 4. The van der Waals surface area contributed by atoms with Gasteiger partial charge >= 0.3 is 0 Å². The lowest BCUT2D eigenvalue weighted by molar-refractivity contribution is -0.146. The highest BCUT2D eigenvalue weighted by Gasteiger charge is 2.39. The summed E-state index contributed by atoms with van der Waals surface area (Å²) in [4.78, 5) is 28.6. The Labute approximate surface area is 195 Å². The lowest BCUT2D eigenvalue weighted by atomic mass is 9.87. The molecular formula is C24H32N4O4S. The maximum absolute atomic E-state index is 13.7. The molecule has 0 radical (unpaired) electrons. The van der Waals surface area contributed by atoms with Gasteiger partial charge < -0.3 is 10.2 Å². The first-order chi connectivity index (χ1) is 15.2. The Balaban J connectivity index is 2.06.